The molecule has 1 atom stereocenters. The van der Waals surface area contributed by atoms with E-state index in [1.54, 1.807) is 36.4 Å². The molecule has 4 rings (SSSR count). The van der Waals surface area contributed by atoms with Gasteiger partial charge in [-0.3, -0.25) is 13.9 Å². The number of benzene rings is 4. The molecule has 0 aliphatic heterocycles. The first-order chi connectivity index (χ1) is 21.1. The van der Waals surface area contributed by atoms with E-state index in [1.807, 2.05) is 68.4 Å². The number of nitrogens with zero attached hydrogens (tertiary/aromatic N) is 2. The van der Waals surface area contributed by atoms with Gasteiger partial charge in [-0.1, -0.05) is 107 Å². The van der Waals surface area contributed by atoms with Crippen LogP contribution in [0.1, 0.15) is 30.0 Å². The Bertz CT molecular complexity index is 1680. The van der Waals surface area contributed by atoms with Crippen LogP contribution in [-0.4, -0.2) is 44.3 Å². The maximum absolute atomic E-state index is 14.5. The molecule has 0 heterocycles. The highest BCUT2D eigenvalue weighted by molar-refractivity contribution is 9.10. The van der Waals surface area contributed by atoms with Crippen molar-refractivity contribution < 1.29 is 18.0 Å². The van der Waals surface area contributed by atoms with Crippen molar-refractivity contribution >= 4 is 55.1 Å². The summed E-state index contributed by atoms with van der Waals surface area (Å²) in [6, 6.07) is 28.9. The van der Waals surface area contributed by atoms with Gasteiger partial charge in [0.1, 0.15) is 12.6 Å². The molecule has 0 bridgehead atoms. The van der Waals surface area contributed by atoms with Crippen molar-refractivity contribution in [2.24, 2.45) is 0 Å². The summed E-state index contributed by atoms with van der Waals surface area (Å²) in [5.74, 6) is -0.863. The number of halogens is 2. The zero-order valence-electron chi connectivity index (χ0n) is 24.6. The van der Waals surface area contributed by atoms with Crippen LogP contribution < -0.4 is 9.62 Å². The molecule has 0 aliphatic rings. The number of amides is 2. The Morgan fingerprint density at radius 1 is 0.886 bits per heavy atom. The topological polar surface area (TPSA) is 86.8 Å². The zero-order chi connectivity index (χ0) is 31.7. The molecule has 1 N–H and O–H groups in total. The average Bonchev–Trinajstić information content (AvgIpc) is 3.01. The van der Waals surface area contributed by atoms with Crippen molar-refractivity contribution in [1.82, 2.24) is 10.2 Å². The van der Waals surface area contributed by atoms with E-state index in [0.29, 0.717) is 6.54 Å². The van der Waals surface area contributed by atoms with E-state index in [4.69, 9.17) is 11.6 Å². The predicted molar refractivity (Wildman–Crippen MR) is 179 cm³/mol. The molecule has 10 heteroatoms. The second kappa shape index (κ2) is 15.4. The molecule has 2 amide bonds. The molecule has 0 fully saturated rings. The van der Waals surface area contributed by atoms with E-state index in [-0.39, 0.29) is 34.5 Å². The molecular formula is C34H35BrClN3O4S. The first-order valence-corrected chi connectivity index (χ1v) is 16.9. The minimum atomic E-state index is -4.23. The van der Waals surface area contributed by atoms with E-state index in [2.05, 4.69) is 21.2 Å². The van der Waals surface area contributed by atoms with Crippen LogP contribution in [0.4, 0.5) is 5.69 Å². The van der Waals surface area contributed by atoms with Crippen LogP contribution in [0.25, 0.3) is 0 Å². The molecule has 0 saturated carbocycles. The van der Waals surface area contributed by atoms with Crippen molar-refractivity contribution in [3.05, 3.63) is 129 Å². The van der Waals surface area contributed by atoms with E-state index in [9.17, 15) is 18.0 Å². The molecule has 4 aromatic carbocycles. The second-order valence-electron chi connectivity index (χ2n) is 10.4. The lowest BCUT2D eigenvalue weighted by molar-refractivity contribution is -0.140. The highest BCUT2D eigenvalue weighted by Crippen LogP contribution is 2.31. The zero-order valence-corrected chi connectivity index (χ0v) is 27.8. The van der Waals surface area contributed by atoms with Crippen LogP contribution in [0, 0.1) is 6.92 Å². The standard InChI is InChI=1S/C34H35BrClN3O4S/c1-3-20-37-34(41)32(22-26-10-5-4-6-11-26)38(23-27-12-9-13-28(35)21-27)33(40)24-39(31-15-8-7-14-30(31)36)44(42,43)29-18-16-25(2)17-19-29/h4-19,21,32H,3,20,22-24H2,1-2H3,(H,37,41)/t32-/m1/s1. The van der Waals surface area contributed by atoms with Gasteiger partial charge >= 0.3 is 0 Å². The maximum atomic E-state index is 14.5. The van der Waals surface area contributed by atoms with Gasteiger partial charge < -0.3 is 10.2 Å². The Labute approximate surface area is 273 Å². The van der Waals surface area contributed by atoms with Gasteiger partial charge in [0.15, 0.2) is 0 Å². The van der Waals surface area contributed by atoms with Crippen molar-refractivity contribution in [1.29, 1.82) is 0 Å². The van der Waals surface area contributed by atoms with Gasteiger partial charge in [-0.15, -0.1) is 0 Å². The van der Waals surface area contributed by atoms with E-state index < -0.39 is 28.5 Å². The number of para-hydroxylation sites is 1. The number of carbonyl (C=O) groups excluding carboxylic acids is 2. The number of rotatable bonds is 13. The number of carbonyl (C=O) groups is 2. The third-order valence-electron chi connectivity index (χ3n) is 7.07. The summed E-state index contributed by atoms with van der Waals surface area (Å²) in [5.41, 5.74) is 2.71. The maximum Gasteiger partial charge on any atom is 0.264 e. The molecule has 0 aromatic heterocycles. The monoisotopic (exact) mass is 695 g/mol. The minimum absolute atomic E-state index is 0.0240. The van der Waals surface area contributed by atoms with Gasteiger partial charge in [0.25, 0.3) is 10.0 Å². The van der Waals surface area contributed by atoms with Crippen LogP contribution in [-0.2, 0) is 32.6 Å². The van der Waals surface area contributed by atoms with Gasteiger partial charge in [-0.05, 0) is 60.9 Å². The van der Waals surface area contributed by atoms with Gasteiger partial charge in [0.2, 0.25) is 11.8 Å². The van der Waals surface area contributed by atoms with Crippen LogP contribution in [0.15, 0.2) is 112 Å². The summed E-state index contributed by atoms with van der Waals surface area (Å²) < 4.78 is 30.1. The Morgan fingerprint density at radius 2 is 1.55 bits per heavy atom. The second-order valence-corrected chi connectivity index (χ2v) is 13.6. The lowest BCUT2D eigenvalue weighted by atomic mass is 10.0. The molecule has 7 nitrogen and oxygen atoms in total. The Balaban J connectivity index is 1.80. The molecular weight excluding hydrogens is 662 g/mol. The quantitative estimate of drug-likeness (QED) is 0.167. The molecule has 0 radical (unpaired) electrons. The third-order valence-corrected chi connectivity index (χ3v) is 9.66. The van der Waals surface area contributed by atoms with Crippen molar-refractivity contribution in [3.8, 4) is 0 Å². The van der Waals surface area contributed by atoms with Crippen molar-refractivity contribution in [2.75, 3.05) is 17.4 Å². The Kier molecular flexibility index (Phi) is 11.6. The van der Waals surface area contributed by atoms with Gasteiger partial charge in [-0.2, -0.15) is 0 Å². The van der Waals surface area contributed by atoms with Crippen molar-refractivity contribution in [2.45, 2.75) is 44.2 Å². The largest absolute Gasteiger partial charge is 0.354 e. The molecule has 230 valence electrons. The van der Waals surface area contributed by atoms with E-state index >= 15 is 0 Å². The molecule has 0 saturated heterocycles. The smallest absolute Gasteiger partial charge is 0.264 e. The van der Waals surface area contributed by atoms with Gasteiger partial charge in [-0.25, -0.2) is 8.42 Å². The molecule has 4 aromatic rings. The van der Waals surface area contributed by atoms with Gasteiger partial charge in [0.05, 0.1) is 15.6 Å². The highest BCUT2D eigenvalue weighted by atomic mass is 79.9. The van der Waals surface area contributed by atoms with E-state index in [1.165, 1.54) is 17.0 Å². The fourth-order valence-electron chi connectivity index (χ4n) is 4.76. The lowest BCUT2D eigenvalue weighted by Gasteiger charge is -2.34. The summed E-state index contributed by atoms with van der Waals surface area (Å²) in [4.78, 5) is 29.6. The molecule has 0 unspecified atom stereocenters. The molecule has 0 aliphatic carbocycles. The Morgan fingerprint density at radius 3 is 2.20 bits per heavy atom. The lowest BCUT2D eigenvalue weighted by Crippen LogP contribution is -2.53. The average molecular weight is 697 g/mol. The fraction of sp³-hybridized carbons (Fsp3) is 0.235. The number of sulfonamides is 1. The van der Waals surface area contributed by atoms with Crippen molar-refractivity contribution in [3.63, 3.8) is 0 Å². The van der Waals surface area contributed by atoms with Crippen LogP contribution in [0.5, 0.6) is 0 Å². The normalized spacial score (nSPS) is 11.9. The third kappa shape index (κ3) is 8.49. The number of nitrogens with one attached hydrogen (secondary N) is 1. The Hall–Kier alpha value is -3.66. The number of aryl methyl sites for hydroxylation is 1. The number of hydrogen-bond donors (Lipinski definition) is 1. The van der Waals surface area contributed by atoms with Gasteiger partial charge in [0, 0.05) is 24.0 Å². The number of anilines is 1. The summed E-state index contributed by atoms with van der Waals surface area (Å²) in [6.45, 7) is 3.77. The first kappa shape index (κ1) is 33.2. The fourth-order valence-corrected chi connectivity index (χ4v) is 6.92. The summed E-state index contributed by atoms with van der Waals surface area (Å²) in [5, 5.41) is 3.12. The van der Waals surface area contributed by atoms with Crippen LogP contribution in [0.3, 0.4) is 0 Å². The molecule has 44 heavy (non-hydrogen) atoms. The SMILES string of the molecule is CCCNC(=O)[C@@H](Cc1ccccc1)N(Cc1cccc(Br)c1)C(=O)CN(c1ccccc1Cl)S(=O)(=O)c1ccc(C)cc1. The molecule has 0 spiro atoms. The highest BCUT2D eigenvalue weighted by Gasteiger charge is 2.35. The predicted octanol–water partition coefficient (Wildman–Crippen LogP) is 6.77. The minimum Gasteiger partial charge on any atom is -0.354 e. The summed E-state index contributed by atoms with van der Waals surface area (Å²) >= 11 is 10.0. The van der Waals surface area contributed by atoms with E-state index in [0.717, 1.165) is 31.9 Å². The van der Waals surface area contributed by atoms with Crippen LogP contribution >= 0.6 is 27.5 Å². The van der Waals surface area contributed by atoms with Crippen LogP contribution in [0.2, 0.25) is 5.02 Å². The summed E-state index contributed by atoms with van der Waals surface area (Å²) in [7, 11) is -4.23. The number of hydrogen-bond acceptors (Lipinski definition) is 4. The summed E-state index contributed by atoms with van der Waals surface area (Å²) in [6.07, 6.45) is 0.964. The first-order valence-electron chi connectivity index (χ1n) is 14.3.